The summed E-state index contributed by atoms with van der Waals surface area (Å²) >= 11 is 0. The van der Waals surface area contributed by atoms with Crippen LogP contribution in [0.15, 0.2) is 12.5 Å². The fraction of sp³-hybridized carbons (Fsp3) is 0.583. The average Bonchev–Trinajstić information content (AvgIpc) is 2.87. The van der Waals surface area contributed by atoms with Crippen LogP contribution in [0.1, 0.15) is 19.0 Å². The minimum Gasteiger partial charge on any atom is -0.480 e. The lowest BCUT2D eigenvalue weighted by Gasteiger charge is -2.21. The van der Waals surface area contributed by atoms with Crippen molar-refractivity contribution in [2.24, 2.45) is 0 Å². The molecule has 1 unspecified atom stereocenters. The fourth-order valence-corrected chi connectivity index (χ4v) is 1.56. The highest BCUT2D eigenvalue weighted by Gasteiger charge is 2.22. The Kier molecular flexibility index (Phi) is 5.98. The van der Waals surface area contributed by atoms with Crippen molar-refractivity contribution in [3.05, 3.63) is 18.2 Å². The van der Waals surface area contributed by atoms with Gasteiger partial charge in [0.05, 0.1) is 12.4 Å². The number of carboxylic acid groups (broad SMARTS) is 1. The topological polar surface area (TPSA) is 119 Å². The Morgan fingerprint density at radius 1 is 1.55 bits per heavy atom. The Bertz CT molecular complexity index is 433. The summed E-state index contributed by atoms with van der Waals surface area (Å²) < 4.78 is 0. The first-order chi connectivity index (χ1) is 9.40. The molecule has 20 heavy (non-hydrogen) atoms. The van der Waals surface area contributed by atoms with Gasteiger partial charge in [-0.1, -0.05) is 0 Å². The highest BCUT2D eigenvalue weighted by molar-refractivity contribution is 5.82. The molecule has 0 spiro atoms. The summed E-state index contributed by atoms with van der Waals surface area (Å²) in [4.78, 5) is 30.9. The first-order valence-electron chi connectivity index (χ1n) is 6.30. The van der Waals surface area contributed by atoms with E-state index in [9.17, 15) is 9.59 Å². The van der Waals surface area contributed by atoms with E-state index in [1.807, 2.05) is 0 Å². The number of imidazole rings is 1. The second-order valence-corrected chi connectivity index (χ2v) is 4.68. The summed E-state index contributed by atoms with van der Waals surface area (Å²) in [6.45, 7) is 1.98. The molecular formula is C12H20N4O4. The zero-order valence-electron chi connectivity index (χ0n) is 11.5. The summed E-state index contributed by atoms with van der Waals surface area (Å²) in [6, 6.07) is -1.52. The number of aliphatic carboxylic acids is 1. The molecule has 0 aliphatic carbocycles. The van der Waals surface area contributed by atoms with E-state index >= 15 is 0 Å². The molecule has 112 valence electrons. The minimum atomic E-state index is -1.11. The number of carbonyl (C=O) groups excluding carboxylic acids is 1. The van der Waals surface area contributed by atoms with E-state index in [2.05, 4.69) is 15.3 Å². The van der Waals surface area contributed by atoms with Crippen molar-refractivity contribution in [1.29, 1.82) is 0 Å². The number of aliphatic hydroxyl groups excluding tert-OH is 1. The molecule has 8 nitrogen and oxygen atoms in total. The predicted molar refractivity (Wildman–Crippen MR) is 71.2 cm³/mol. The van der Waals surface area contributed by atoms with Crippen molar-refractivity contribution in [3.63, 3.8) is 0 Å². The maximum absolute atomic E-state index is 11.8. The lowest BCUT2D eigenvalue weighted by Crippen LogP contribution is -2.48. The zero-order valence-corrected chi connectivity index (χ0v) is 11.5. The summed E-state index contributed by atoms with van der Waals surface area (Å²) in [5.74, 6) is -1.11. The van der Waals surface area contributed by atoms with E-state index in [1.54, 1.807) is 14.0 Å². The predicted octanol–water partition coefficient (Wildman–Crippen LogP) is -0.182. The molecule has 0 radical (unpaired) electrons. The third kappa shape index (κ3) is 5.27. The van der Waals surface area contributed by atoms with Crippen molar-refractivity contribution in [2.75, 3.05) is 13.6 Å². The molecule has 0 aliphatic heterocycles. The Labute approximate surface area is 116 Å². The van der Waals surface area contributed by atoms with Gasteiger partial charge >= 0.3 is 12.0 Å². The molecule has 0 fully saturated rings. The van der Waals surface area contributed by atoms with E-state index in [0.717, 1.165) is 0 Å². The molecule has 0 aliphatic rings. The lowest BCUT2D eigenvalue weighted by atomic mass is 10.1. The second-order valence-electron chi connectivity index (χ2n) is 4.68. The normalized spacial score (nSPS) is 13.6. The molecule has 0 aromatic carbocycles. The van der Waals surface area contributed by atoms with Crippen molar-refractivity contribution in [1.82, 2.24) is 20.2 Å². The van der Waals surface area contributed by atoms with Crippen LogP contribution in [0, 0.1) is 0 Å². The van der Waals surface area contributed by atoms with Crippen LogP contribution < -0.4 is 5.32 Å². The molecule has 1 aromatic heterocycles. The van der Waals surface area contributed by atoms with E-state index in [4.69, 9.17) is 10.2 Å². The Balaban J connectivity index is 2.52. The van der Waals surface area contributed by atoms with E-state index in [0.29, 0.717) is 18.7 Å². The first-order valence-corrected chi connectivity index (χ1v) is 6.30. The van der Waals surface area contributed by atoms with Crippen LogP contribution >= 0.6 is 0 Å². The fourth-order valence-electron chi connectivity index (χ4n) is 1.56. The number of hydrogen-bond donors (Lipinski definition) is 4. The summed E-state index contributed by atoms with van der Waals surface area (Å²) in [7, 11) is 1.55. The van der Waals surface area contributed by atoms with Crippen LogP contribution in [0.2, 0.25) is 0 Å². The van der Waals surface area contributed by atoms with Gasteiger partial charge in [-0.25, -0.2) is 14.6 Å². The third-order valence-corrected chi connectivity index (χ3v) is 2.80. The van der Waals surface area contributed by atoms with Crippen LogP contribution in [0.25, 0.3) is 0 Å². The number of carbonyl (C=O) groups is 2. The van der Waals surface area contributed by atoms with Crippen LogP contribution in [0.5, 0.6) is 0 Å². The summed E-state index contributed by atoms with van der Waals surface area (Å²) in [5, 5.41) is 20.7. The number of rotatable bonds is 7. The maximum atomic E-state index is 11.8. The van der Waals surface area contributed by atoms with Crippen molar-refractivity contribution in [3.8, 4) is 0 Å². The standard InChI is InChI=1S/C12H20N4O4/c1-8(17)3-4-16(2)12(20)15-10(11(18)19)5-9-6-13-7-14-9/h6-8,10,17H,3-5H2,1-2H3,(H,13,14)(H,15,20)(H,18,19)/t8?,10-/m1/s1. The van der Waals surface area contributed by atoms with E-state index in [1.165, 1.54) is 17.4 Å². The average molecular weight is 284 g/mol. The zero-order chi connectivity index (χ0) is 15.1. The molecule has 1 heterocycles. The summed E-state index contributed by atoms with van der Waals surface area (Å²) in [5.41, 5.74) is 0.629. The largest absolute Gasteiger partial charge is 0.480 e. The number of aromatic amines is 1. The van der Waals surface area contributed by atoms with Gasteiger partial charge in [-0.05, 0) is 13.3 Å². The van der Waals surface area contributed by atoms with Crippen LogP contribution in [0.4, 0.5) is 4.79 Å². The van der Waals surface area contributed by atoms with Gasteiger partial charge in [0, 0.05) is 31.9 Å². The number of aromatic nitrogens is 2. The quantitative estimate of drug-likeness (QED) is 0.554. The molecule has 1 aromatic rings. The molecule has 0 saturated heterocycles. The van der Waals surface area contributed by atoms with Gasteiger partial charge in [0.15, 0.2) is 0 Å². The molecule has 0 bridgehead atoms. The number of nitrogens with one attached hydrogen (secondary N) is 2. The molecule has 4 N–H and O–H groups in total. The molecule has 0 saturated carbocycles. The third-order valence-electron chi connectivity index (χ3n) is 2.80. The van der Waals surface area contributed by atoms with Crippen LogP contribution in [-0.4, -0.2) is 62.8 Å². The van der Waals surface area contributed by atoms with Gasteiger partial charge in [-0.2, -0.15) is 0 Å². The first kappa shape index (κ1) is 16.0. The second kappa shape index (κ2) is 7.49. The molecule has 8 heteroatoms. The maximum Gasteiger partial charge on any atom is 0.326 e. The Hall–Kier alpha value is -2.09. The highest BCUT2D eigenvalue weighted by atomic mass is 16.4. The van der Waals surface area contributed by atoms with Crippen molar-refractivity contribution >= 4 is 12.0 Å². The molecular weight excluding hydrogens is 264 g/mol. The number of carboxylic acids is 1. The highest BCUT2D eigenvalue weighted by Crippen LogP contribution is 2.01. The molecule has 2 atom stereocenters. The van der Waals surface area contributed by atoms with Gasteiger partial charge in [-0.15, -0.1) is 0 Å². The summed E-state index contributed by atoms with van der Waals surface area (Å²) in [6.07, 6.45) is 3.02. The van der Waals surface area contributed by atoms with Gasteiger partial charge in [0.25, 0.3) is 0 Å². The number of amides is 2. The van der Waals surface area contributed by atoms with Gasteiger partial charge in [-0.3, -0.25) is 0 Å². The van der Waals surface area contributed by atoms with E-state index in [-0.39, 0.29) is 6.42 Å². The van der Waals surface area contributed by atoms with E-state index < -0.39 is 24.1 Å². The smallest absolute Gasteiger partial charge is 0.326 e. The van der Waals surface area contributed by atoms with Gasteiger partial charge < -0.3 is 25.4 Å². The number of H-pyrrole nitrogens is 1. The number of nitrogens with zero attached hydrogens (tertiary/aromatic N) is 2. The Morgan fingerprint density at radius 2 is 2.25 bits per heavy atom. The lowest BCUT2D eigenvalue weighted by molar-refractivity contribution is -0.139. The van der Waals surface area contributed by atoms with Crippen molar-refractivity contribution in [2.45, 2.75) is 31.9 Å². The minimum absolute atomic E-state index is 0.130. The van der Waals surface area contributed by atoms with Gasteiger partial charge in [0.2, 0.25) is 0 Å². The SMILES string of the molecule is CC(O)CCN(C)C(=O)N[C@H](Cc1cnc[nH]1)C(=O)O. The van der Waals surface area contributed by atoms with Gasteiger partial charge in [0.1, 0.15) is 6.04 Å². The number of hydrogen-bond acceptors (Lipinski definition) is 4. The monoisotopic (exact) mass is 284 g/mol. The molecule has 1 rings (SSSR count). The van der Waals surface area contributed by atoms with Crippen molar-refractivity contribution < 1.29 is 19.8 Å². The van der Waals surface area contributed by atoms with Crippen LogP contribution in [0.3, 0.4) is 0 Å². The number of urea groups is 1. The molecule has 2 amide bonds. The van der Waals surface area contributed by atoms with Crippen LogP contribution in [-0.2, 0) is 11.2 Å². The number of aliphatic hydroxyl groups is 1. The Morgan fingerprint density at radius 3 is 2.75 bits per heavy atom.